The summed E-state index contributed by atoms with van der Waals surface area (Å²) in [7, 11) is 0. The van der Waals surface area contributed by atoms with Crippen LogP contribution in [0.25, 0.3) is 0 Å². The van der Waals surface area contributed by atoms with E-state index in [4.69, 9.17) is 9.47 Å². The minimum absolute atomic E-state index is 0.0203. The van der Waals surface area contributed by atoms with Crippen LogP contribution in [0.4, 0.5) is 10.5 Å². The minimum atomic E-state index is -0.101. The van der Waals surface area contributed by atoms with Gasteiger partial charge in [-0.25, -0.2) is 4.79 Å². The van der Waals surface area contributed by atoms with Crippen LogP contribution < -0.4 is 14.8 Å². The number of hydrogen-bond acceptors (Lipinski definition) is 3. The predicted octanol–water partition coefficient (Wildman–Crippen LogP) is 5.23. The zero-order valence-electron chi connectivity index (χ0n) is 17.7. The molecule has 3 aromatic rings. The van der Waals surface area contributed by atoms with E-state index in [-0.39, 0.29) is 12.1 Å². The number of nitrogens with zero attached hydrogens (tertiary/aromatic N) is 1. The normalized spacial score (nSPS) is 16.8. The maximum Gasteiger partial charge on any atom is 0.322 e. The number of likely N-dealkylation sites (tertiary alicyclic amines) is 1. The van der Waals surface area contributed by atoms with Crippen molar-refractivity contribution >= 4 is 11.7 Å². The third-order valence-corrected chi connectivity index (χ3v) is 5.70. The van der Waals surface area contributed by atoms with Crippen molar-refractivity contribution < 1.29 is 14.3 Å². The van der Waals surface area contributed by atoms with Crippen molar-refractivity contribution in [3.8, 4) is 23.3 Å². The molecule has 0 aliphatic carbocycles. The van der Waals surface area contributed by atoms with Crippen LogP contribution >= 0.6 is 0 Å². The van der Waals surface area contributed by atoms with Crippen molar-refractivity contribution in [2.24, 2.45) is 0 Å². The number of benzene rings is 3. The number of hydrogen-bond donors (Lipinski definition) is 1. The molecule has 0 saturated carbocycles. The van der Waals surface area contributed by atoms with Crippen molar-refractivity contribution in [3.63, 3.8) is 0 Å². The van der Waals surface area contributed by atoms with Gasteiger partial charge in [0, 0.05) is 23.4 Å². The van der Waals surface area contributed by atoms with Crippen LogP contribution in [0.1, 0.15) is 35.6 Å². The van der Waals surface area contributed by atoms with Gasteiger partial charge < -0.3 is 19.7 Å². The van der Waals surface area contributed by atoms with E-state index in [1.807, 2.05) is 77.7 Å². The maximum absolute atomic E-state index is 13.1. The first-order valence-corrected chi connectivity index (χ1v) is 10.9. The first-order valence-electron chi connectivity index (χ1n) is 10.9. The van der Waals surface area contributed by atoms with Crippen LogP contribution in [0, 0.1) is 11.8 Å². The molecule has 1 fully saturated rings. The molecule has 1 unspecified atom stereocenters. The monoisotopic (exact) mass is 424 g/mol. The molecule has 5 rings (SSSR count). The first kappa shape index (κ1) is 20.0. The molecule has 0 aromatic heterocycles. The average Bonchev–Trinajstić information content (AvgIpc) is 3.34. The Kier molecular flexibility index (Phi) is 5.67. The van der Waals surface area contributed by atoms with E-state index < -0.39 is 0 Å². The third-order valence-electron chi connectivity index (χ3n) is 5.70. The van der Waals surface area contributed by atoms with Crippen LogP contribution in [-0.4, -0.2) is 30.7 Å². The van der Waals surface area contributed by atoms with Gasteiger partial charge in [0.25, 0.3) is 0 Å². The lowest BCUT2D eigenvalue weighted by Crippen LogP contribution is -2.34. The number of rotatable bonds is 2. The second-order valence-corrected chi connectivity index (χ2v) is 7.88. The summed E-state index contributed by atoms with van der Waals surface area (Å²) in [5.41, 5.74) is 3.63. The van der Waals surface area contributed by atoms with E-state index >= 15 is 0 Å². The van der Waals surface area contributed by atoms with E-state index in [2.05, 4.69) is 17.2 Å². The number of fused-ring (bicyclic) bond motifs is 1. The van der Waals surface area contributed by atoms with Gasteiger partial charge in [0.2, 0.25) is 0 Å². The molecule has 2 aliphatic heterocycles. The van der Waals surface area contributed by atoms with Crippen molar-refractivity contribution in [3.05, 3.63) is 89.5 Å². The molecule has 160 valence electrons. The number of carbonyl (C=O) groups is 1. The minimum Gasteiger partial charge on any atom is -0.486 e. The molecule has 2 aliphatic rings. The van der Waals surface area contributed by atoms with Gasteiger partial charge in [-0.05, 0) is 60.9 Å². The fraction of sp³-hybridized carbons (Fsp3) is 0.222. The number of nitrogens with one attached hydrogen (secondary N) is 1. The van der Waals surface area contributed by atoms with Crippen LogP contribution in [0.2, 0.25) is 0 Å². The fourth-order valence-electron chi connectivity index (χ4n) is 4.16. The summed E-state index contributed by atoms with van der Waals surface area (Å²) < 4.78 is 11.4. The Morgan fingerprint density at radius 3 is 2.53 bits per heavy atom. The summed E-state index contributed by atoms with van der Waals surface area (Å²) in [4.78, 5) is 15.0. The van der Waals surface area contributed by atoms with Crippen LogP contribution in [-0.2, 0) is 0 Å². The molecule has 2 amide bonds. The van der Waals surface area contributed by atoms with Gasteiger partial charge in [0.05, 0.1) is 6.04 Å². The summed E-state index contributed by atoms with van der Waals surface area (Å²) in [6.07, 6.45) is 1.89. The molecule has 1 N–H and O–H groups in total. The number of urea groups is 1. The Bertz CT molecular complexity index is 1180. The highest BCUT2D eigenvalue weighted by Crippen LogP contribution is 2.38. The lowest BCUT2D eigenvalue weighted by molar-refractivity contribution is 0.170. The molecule has 1 atom stereocenters. The topological polar surface area (TPSA) is 50.8 Å². The second kappa shape index (κ2) is 9.07. The first-order chi connectivity index (χ1) is 15.8. The second-order valence-electron chi connectivity index (χ2n) is 7.88. The quantitative estimate of drug-likeness (QED) is 0.574. The molecule has 2 heterocycles. The van der Waals surface area contributed by atoms with Gasteiger partial charge in [0.1, 0.15) is 13.2 Å². The SMILES string of the molecule is O=C(Nc1cccc(C#Cc2ccccc2)c1)N1CCCC1c1ccc2c(c1)OCCO2. The van der Waals surface area contributed by atoms with Crippen molar-refractivity contribution in [1.29, 1.82) is 0 Å². The lowest BCUT2D eigenvalue weighted by Gasteiger charge is -2.27. The third kappa shape index (κ3) is 4.40. The molecule has 5 heteroatoms. The Balaban J connectivity index is 1.30. The predicted molar refractivity (Wildman–Crippen MR) is 124 cm³/mol. The lowest BCUT2D eigenvalue weighted by atomic mass is 10.0. The van der Waals surface area contributed by atoms with Crippen molar-refractivity contribution in [2.75, 3.05) is 25.1 Å². The molecule has 0 radical (unpaired) electrons. The molecule has 1 saturated heterocycles. The van der Waals surface area contributed by atoms with Gasteiger partial charge in [-0.1, -0.05) is 42.2 Å². The number of amides is 2. The molecular formula is C27H24N2O3. The average molecular weight is 425 g/mol. The standard InChI is InChI=1S/C27H24N2O3/c30-27(28-23-9-4-8-21(18-23)12-11-20-6-2-1-3-7-20)29-15-5-10-24(29)22-13-14-25-26(19-22)32-17-16-31-25/h1-4,6-9,13-14,18-19,24H,5,10,15-17H2,(H,28,30). The zero-order chi connectivity index (χ0) is 21.8. The largest absolute Gasteiger partial charge is 0.486 e. The van der Waals surface area contributed by atoms with E-state index in [9.17, 15) is 4.79 Å². The van der Waals surface area contributed by atoms with E-state index in [0.717, 1.165) is 53.3 Å². The summed E-state index contributed by atoms with van der Waals surface area (Å²) >= 11 is 0. The summed E-state index contributed by atoms with van der Waals surface area (Å²) in [6.45, 7) is 1.84. The summed E-state index contributed by atoms with van der Waals surface area (Å²) in [6, 6.07) is 23.4. The van der Waals surface area contributed by atoms with Crippen LogP contribution in [0.5, 0.6) is 11.5 Å². The highest BCUT2D eigenvalue weighted by molar-refractivity contribution is 5.90. The molecule has 5 nitrogen and oxygen atoms in total. The van der Waals surface area contributed by atoms with Gasteiger partial charge in [-0.15, -0.1) is 0 Å². The summed E-state index contributed by atoms with van der Waals surface area (Å²) in [5, 5.41) is 3.05. The smallest absolute Gasteiger partial charge is 0.322 e. The molecule has 3 aromatic carbocycles. The molecule has 0 bridgehead atoms. The Morgan fingerprint density at radius 2 is 1.66 bits per heavy atom. The molecule has 32 heavy (non-hydrogen) atoms. The Hall–Kier alpha value is -3.91. The Morgan fingerprint density at radius 1 is 0.875 bits per heavy atom. The van der Waals surface area contributed by atoms with Crippen molar-refractivity contribution in [2.45, 2.75) is 18.9 Å². The zero-order valence-corrected chi connectivity index (χ0v) is 17.7. The Labute approximate surface area is 188 Å². The van der Waals surface area contributed by atoms with E-state index in [1.54, 1.807) is 0 Å². The molecular weight excluding hydrogens is 400 g/mol. The summed E-state index contributed by atoms with van der Waals surface area (Å²) in [5.74, 6) is 7.84. The maximum atomic E-state index is 13.1. The highest BCUT2D eigenvalue weighted by Gasteiger charge is 2.31. The van der Waals surface area contributed by atoms with Crippen LogP contribution in [0.3, 0.4) is 0 Å². The van der Waals surface area contributed by atoms with Crippen molar-refractivity contribution in [1.82, 2.24) is 4.90 Å². The number of anilines is 1. The number of ether oxygens (including phenoxy) is 2. The van der Waals surface area contributed by atoms with E-state index in [1.165, 1.54) is 0 Å². The van der Waals surface area contributed by atoms with E-state index in [0.29, 0.717) is 13.2 Å². The fourth-order valence-corrected chi connectivity index (χ4v) is 4.16. The van der Waals surface area contributed by atoms with Crippen LogP contribution in [0.15, 0.2) is 72.8 Å². The molecule has 0 spiro atoms. The number of carbonyl (C=O) groups excluding carboxylic acids is 1. The highest BCUT2D eigenvalue weighted by atomic mass is 16.6. The van der Waals surface area contributed by atoms with Gasteiger partial charge in [-0.3, -0.25) is 0 Å². The van der Waals surface area contributed by atoms with Gasteiger partial charge >= 0.3 is 6.03 Å². The van der Waals surface area contributed by atoms with Gasteiger partial charge in [-0.2, -0.15) is 0 Å². The van der Waals surface area contributed by atoms with Gasteiger partial charge in [0.15, 0.2) is 11.5 Å².